The van der Waals surface area contributed by atoms with E-state index in [9.17, 15) is 22.0 Å². The van der Waals surface area contributed by atoms with Crippen LogP contribution in [-0.2, 0) is 12.6 Å². The van der Waals surface area contributed by atoms with Crippen LogP contribution in [0.1, 0.15) is 17.6 Å². The minimum Gasteiger partial charge on any atom is -0.489 e. The predicted molar refractivity (Wildman–Crippen MR) is 96.7 cm³/mol. The van der Waals surface area contributed by atoms with Gasteiger partial charge in [-0.3, -0.25) is 4.99 Å². The van der Waals surface area contributed by atoms with E-state index in [0.717, 1.165) is 28.8 Å². The van der Waals surface area contributed by atoms with Gasteiger partial charge in [0.2, 0.25) is 0 Å². The Balaban J connectivity index is 1.79. The van der Waals surface area contributed by atoms with E-state index >= 15 is 0 Å². The number of ether oxygens (including phenoxy) is 1. The number of benzene rings is 1. The molecule has 0 spiro atoms. The van der Waals surface area contributed by atoms with Crippen LogP contribution < -0.4 is 15.4 Å². The smallest absolute Gasteiger partial charge is 0.434 e. The van der Waals surface area contributed by atoms with Gasteiger partial charge in [0, 0.05) is 31.0 Å². The van der Waals surface area contributed by atoms with Gasteiger partial charge in [-0.1, -0.05) is 0 Å². The second-order valence-corrected chi connectivity index (χ2v) is 6.43. The molecule has 0 saturated heterocycles. The van der Waals surface area contributed by atoms with Crippen molar-refractivity contribution in [1.82, 2.24) is 15.6 Å². The molecule has 2 N–H and O–H groups in total. The van der Waals surface area contributed by atoms with Gasteiger partial charge < -0.3 is 15.4 Å². The third-order valence-electron chi connectivity index (χ3n) is 3.33. The second kappa shape index (κ2) is 10.2. The van der Waals surface area contributed by atoms with Gasteiger partial charge in [0.25, 0.3) is 0 Å². The van der Waals surface area contributed by atoms with Crippen molar-refractivity contribution in [2.75, 3.05) is 26.2 Å². The van der Waals surface area contributed by atoms with Gasteiger partial charge in [-0.05, 0) is 19.1 Å². The molecular weight excluding hydrogens is 403 g/mol. The third-order valence-corrected chi connectivity index (χ3v) is 4.24. The summed E-state index contributed by atoms with van der Waals surface area (Å²) >= 11 is 0.939. The van der Waals surface area contributed by atoms with Crippen molar-refractivity contribution in [2.45, 2.75) is 19.5 Å². The minimum atomic E-state index is -4.45. The van der Waals surface area contributed by atoms with Crippen LogP contribution in [0.5, 0.6) is 5.75 Å². The summed E-state index contributed by atoms with van der Waals surface area (Å²) in [5.41, 5.74) is -0.897. The summed E-state index contributed by atoms with van der Waals surface area (Å²) in [7, 11) is 0. The molecule has 154 valence electrons. The summed E-state index contributed by atoms with van der Waals surface area (Å²) in [6, 6.07) is 3.03. The lowest BCUT2D eigenvalue weighted by Gasteiger charge is -2.12. The summed E-state index contributed by atoms with van der Waals surface area (Å²) in [6.45, 7) is 3.08. The van der Waals surface area contributed by atoms with Crippen LogP contribution in [0.4, 0.5) is 22.0 Å². The molecule has 0 aliphatic heterocycles. The number of nitrogens with one attached hydrogen (secondary N) is 2. The molecule has 0 aliphatic rings. The van der Waals surface area contributed by atoms with Crippen LogP contribution in [0, 0.1) is 11.6 Å². The first kappa shape index (κ1) is 21.9. The number of halogens is 5. The fraction of sp³-hybridized carbons (Fsp3) is 0.412. The van der Waals surface area contributed by atoms with Crippen molar-refractivity contribution in [3.63, 3.8) is 0 Å². The number of nitrogens with zero attached hydrogens (tertiary/aromatic N) is 2. The summed E-state index contributed by atoms with van der Waals surface area (Å²) < 4.78 is 69.1. The molecule has 1 aromatic carbocycles. The number of hydrogen-bond acceptors (Lipinski definition) is 4. The summed E-state index contributed by atoms with van der Waals surface area (Å²) in [6.07, 6.45) is -4.17. The quantitative estimate of drug-likeness (QED) is 0.295. The summed E-state index contributed by atoms with van der Waals surface area (Å²) in [5, 5.41) is 7.27. The van der Waals surface area contributed by atoms with E-state index in [1.54, 1.807) is 0 Å². The molecule has 0 radical (unpaired) electrons. The molecule has 1 aromatic heterocycles. The zero-order valence-electron chi connectivity index (χ0n) is 14.9. The molecule has 5 nitrogen and oxygen atoms in total. The highest BCUT2D eigenvalue weighted by molar-refractivity contribution is 7.09. The molecule has 0 amide bonds. The lowest BCUT2D eigenvalue weighted by molar-refractivity contribution is -0.140. The first-order chi connectivity index (χ1) is 13.3. The molecule has 0 aliphatic carbocycles. The van der Waals surface area contributed by atoms with Crippen molar-refractivity contribution in [3.05, 3.63) is 45.9 Å². The molecule has 2 rings (SSSR count). The van der Waals surface area contributed by atoms with Crippen LogP contribution in [0.15, 0.2) is 28.6 Å². The normalized spacial score (nSPS) is 12.1. The fourth-order valence-corrected chi connectivity index (χ4v) is 2.88. The van der Waals surface area contributed by atoms with E-state index in [0.29, 0.717) is 17.5 Å². The Morgan fingerprint density at radius 3 is 2.68 bits per heavy atom. The van der Waals surface area contributed by atoms with E-state index in [-0.39, 0.29) is 31.9 Å². The van der Waals surface area contributed by atoms with E-state index in [1.807, 2.05) is 6.92 Å². The minimum absolute atomic E-state index is 0.0608. The maximum Gasteiger partial charge on any atom is 0.434 e. The van der Waals surface area contributed by atoms with Crippen molar-refractivity contribution in [1.29, 1.82) is 0 Å². The molecule has 0 bridgehead atoms. The SMILES string of the molecule is CCNC(=NCCc1nc(C(F)(F)F)cs1)NCCOc1ccc(F)cc1F. The number of aliphatic imine (C=N–C) groups is 1. The molecule has 2 aromatic rings. The van der Waals surface area contributed by atoms with E-state index in [4.69, 9.17) is 4.74 Å². The number of hydrogen-bond donors (Lipinski definition) is 2. The third kappa shape index (κ3) is 6.95. The topological polar surface area (TPSA) is 58.5 Å². The number of rotatable bonds is 8. The average Bonchev–Trinajstić information content (AvgIpc) is 3.09. The highest BCUT2D eigenvalue weighted by Gasteiger charge is 2.33. The van der Waals surface area contributed by atoms with Gasteiger partial charge in [-0.15, -0.1) is 11.3 Å². The Labute approximate surface area is 162 Å². The van der Waals surface area contributed by atoms with Gasteiger partial charge in [0.1, 0.15) is 12.4 Å². The van der Waals surface area contributed by atoms with Gasteiger partial charge in [0.15, 0.2) is 23.2 Å². The Kier molecular flexibility index (Phi) is 7.97. The largest absolute Gasteiger partial charge is 0.489 e. The maximum atomic E-state index is 13.5. The van der Waals surface area contributed by atoms with E-state index in [2.05, 4.69) is 20.6 Å². The van der Waals surface area contributed by atoms with E-state index in [1.165, 1.54) is 6.07 Å². The Morgan fingerprint density at radius 2 is 2.04 bits per heavy atom. The Morgan fingerprint density at radius 1 is 1.25 bits per heavy atom. The monoisotopic (exact) mass is 422 g/mol. The number of aromatic nitrogens is 1. The molecule has 0 atom stereocenters. The number of guanidine groups is 1. The van der Waals surface area contributed by atoms with Crippen LogP contribution in [0.3, 0.4) is 0 Å². The summed E-state index contributed by atoms with van der Waals surface area (Å²) in [5.74, 6) is -1.10. The summed E-state index contributed by atoms with van der Waals surface area (Å²) in [4.78, 5) is 7.80. The van der Waals surface area contributed by atoms with Crippen molar-refractivity contribution >= 4 is 17.3 Å². The Bertz CT molecular complexity index is 794. The van der Waals surface area contributed by atoms with Gasteiger partial charge in [0.05, 0.1) is 11.6 Å². The highest BCUT2D eigenvalue weighted by atomic mass is 32.1. The van der Waals surface area contributed by atoms with Gasteiger partial charge in [-0.25, -0.2) is 13.8 Å². The molecule has 28 heavy (non-hydrogen) atoms. The zero-order valence-corrected chi connectivity index (χ0v) is 15.8. The highest BCUT2D eigenvalue weighted by Crippen LogP contribution is 2.30. The average molecular weight is 422 g/mol. The molecular formula is C17H19F5N4OS. The lowest BCUT2D eigenvalue weighted by atomic mass is 10.3. The first-order valence-electron chi connectivity index (χ1n) is 8.41. The van der Waals surface area contributed by atoms with Gasteiger partial charge >= 0.3 is 6.18 Å². The molecule has 11 heteroatoms. The standard InChI is InChI=1S/C17H19F5N4OS/c1-2-23-16(24-6-5-15-26-14(10-28-15)17(20,21)22)25-7-8-27-13-4-3-11(18)9-12(13)19/h3-4,9-10H,2,5-8H2,1H3,(H2,23,24,25). The first-order valence-corrected chi connectivity index (χ1v) is 9.29. The second-order valence-electron chi connectivity index (χ2n) is 5.48. The number of thiazole rings is 1. The van der Waals surface area contributed by atoms with Crippen molar-refractivity contribution < 1.29 is 26.7 Å². The van der Waals surface area contributed by atoms with Crippen LogP contribution in [0.25, 0.3) is 0 Å². The fourth-order valence-electron chi connectivity index (χ4n) is 2.08. The molecule has 0 unspecified atom stereocenters. The van der Waals surface area contributed by atoms with Crippen LogP contribution in [-0.4, -0.2) is 37.2 Å². The van der Waals surface area contributed by atoms with Crippen molar-refractivity contribution in [2.24, 2.45) is 4.99 Å². The van der Waals surface area contributed by atoms with Crippen molar-refractivity contribution in [3.8, 4) is 5.75 Å². The predicted octanol–water partition coefficient (Wildman–Crippen LogP) is 3.62. The number of alkyl halides is 3. The maximum absolute atomic E-state index is 13.5. The molecule has 1 heterocycles. The molecule has 0 fully saturated rings. The molecule has 0 saturated carbocycles. The van der Waals surface area contributed by atoms with Crippen LogP contribution >= 0.6 is 11.3 Å². The van der Waals surface area contributed by atoms with E-state index < -0.39 is 23.5 Å². The van der Waals surface area contributed by atoms with Gasteiger partial charge in [-0.2, -0.15) is 13.2 Å². The van der Waals surface area contributed by atoms with Crippen LogP contribution in [0.2, 0.25) is 0 Å². The lowest BCUT2D eigenvalue weighted by Crippen LogP contribution is -2.39. The zero-order chi connectivity index (χ0) is 20.6. The Hall–Kier alpha value is -2.43.